The van der Waals surface area contributed by atoms with Crippen LogP contribution in [-0.4, -0.2) is 35.9 Å². The maximum atomic E-state index is 11.9. The molecule has 0 spiro atoms. The van der Waals surface area contributed by atoms with Crippen LogP contribution in [0.2, 0.25) is 0 Å². The Morgan fingerprint density at radius 3 is 2.94 bits per heavy atom. The summed E-state index contributed by atoms with van der Waals surface area (Å²) in [5.74, 6) is -0.275. The zero-order chi connectivity index (χ0) is 13.1. The number of rotatable bonds is 2. The van der Waals surface area contributed by atoms with Crippen molar-refractivity contribution in [2.24, 2.45) is 0 Å². The van der Waals surface area contributed by atoms with Crippen molar-refractivity contribution in [2.45, 2.75) is 13.0 Å². The molecule has 1 saturated heterocycles. The van der Waals surface area contributed by atoms with Gasteiger partial charge in [-0.25, -0.2) is 4.98 Å². The molecule has 1 aliphatic heterocycles. The Labute approximate surface area is 113 Å². The number of pyridine rings is 1. The van der Waals surface area contributed by atoms with Crippen LogP contribution in [0.15, 0.2) is 16.7 Å². The van der Waals surface area contributed by atoms with Gasteiger partial charge in [0.05, 0.1) is 17.9 Å². The van der Waals surface area contributed by atoms with Crippen LogP contribution in [0.3, 0.4) is 0 Å². The third-order valence-electron chi connectivity index (χ3n) is 2.64. The summed E-state index contributed by atoms with van der Waals surface area (Å²) in [6, 6.07) is 3.13. The number of anilines is 1. The van der Waals surface area contributed by atoms with Crippen molar-refractivity contribution in [3.63, 3.8) is 0 Å². The molecule has 0 radical (unpaired) electrons. The highest BCUT2D eigenvalue weighted by Crippen LogP contribution is 2.16. The molecule has 6 nitrogen and oxygen atoms in total. The number of piperazine rings is 1. The highest BCUT2D eigenvalue weighted by Gasteiger charge is 2.24. The maximum absolute atomic E-state index is 11.9. The Balaban J connectivity index is 2.00. The predicted molar refractivity (Wildman–Crippen MR) is 70.1 cm³/mol. The van der Waals surface area contributed by atoms with Crippen LogP contribution in [0.4, 0.5) is 5.69 Å². The first-order chi connectivity index (χ1) is 8.56. The SMILES string of the molecule is Cc1nc(Br)ccc1NC(=O)C1CNC(=O)CN1. The minimum absolute atomic E-state index is 0.0967. The number of amides is 2. The number of carbonyl (C=O) groups is 2. The van der Waals surface area contributed by atoms with E-state index < -0.39 is 6.04 Å². The van der Waals surface area contributed by atoms with Gasteiger partial charge in [-0.3, -0.25) is 14.9 Å². The number of nitrogens with zero attached hydrogens (tertiary/aromatic N) is 1. The molecule has 1 atom stereocenters. The first kappa shape index (κ1) is 13.0. The fourth-order valence-electron chi connectivity index (χ4n) is 1.63. The van der Waals surface area contributed by atoms with Crippen LogP contribution in [0.1, 0.15) is 5.69 Å². The molecule has 2 rings (SSSR count). The topological polar surface area (TPSA) is 83.1 Å². The lowest BCUT2D eigenvalue weighted by atomic mass is 10.2. The van der Waals surface area contributed by atoms with Crippen molar-refractivity contribution in [3.8, 4) is 0 Å². The van der Waals surface area contributed by atoms with E-state index in [0.717, 1.165) is 10.3 Å². The van der Waals surface area contributed by atoms with Crippen LogP contribution < -0.4 is 16.0 Å². The molecule has 1 aliphatic rings. The van der Waals surface area contributed by atoms with Gasteiger partial charge in [-0.15, -0.1) is 0 Å². The number of nitrogens with one attached hydrogen (secondary N) is 3. The monoisotopic (exact) mass is 312 g/mol. The molecule has 1 aromatic heterocycles. The molecule has 2 heterocycles. The lowest BCUT2D eigenvalue weighted by molar-refractivity contribution is -0.124. The van der Waals surface area contributed by atoms with E-state index in [1.54, 1.807) is 12.1 Å². The molecule has 2 amide bonds. The summed E-state index contributed by atoms with van der Waals surface area (Å²) in [4.78, 5) is 27.1. The van der Waals surface area contributed by atoms with Gasteiger partial charge in [-0.05, 0) is 35.0 Å². The van der Waals surface area contributed by atoms with Crippen molar-refractivity contribution in [3.05, 3.63) is 22.4 Å². The summed E-state index contributed by atoms with van der Waals surface area (Å²) in [5.41, 5.74) is 1.40. The minimum Gasteiger partial charge on any atom is -0.353 e. The van der Waals surface area contributed by atoms with Crippen LogP contribution in [0.25, 0.3) is 0 Å². The van der Waals surface area contributed by atoms with Crippen LogP contribution in [0, 0.1) is 6.92 Å². The Bertz CT molecular complexity index is 482. The van der Waals surface area contributed by atoms with Gasteiger partial charge in [0.15, 0.2) is 0 Å². The molecule has 0 aromatic carbocycles. The van der Waals surface area contributed by atoms with Crippen molar-refractivity contribution in [2.75, 3.05) is 18.4 Å². The zero-order valence-corrected chi connectivity index (χ0v) is 11.4. The Hall–Kier alpha value is -1.47. The van der Waals surface area contributed by atoms with Crippen molar-refractivity contribution >= 4 is 33.4 Å². The Kier molecular flexibility index (Phi) is 3.93. The van der Waals surface area contributed by atoms with Crippen molar-refractivity contribution in [1.82, 2.24) is 15.6 Å². The maximum Gasteiger partial charge on any atom is 0.243 e. The molecular formula is C11H13BrN4O2. The highest BCUT2D eigenvalue weighted by molar-refractivity contribution is 9.10. The molecule has 96 valence electrons. The van der Waals surface area contributed by atoms with Gasteiger partial charge in [0.2, 0.25) is 11.8 Å². The first-order valence-electron chi connectivity index (χ1n) is 5.50. The number of aryl methyl sites for hydroxylation is 1. The average Bonchev–Trinajstić information content (AvgIpc) is 2.33. The van der Waals surface area contributed by atoms with Gasteiger partial charge in [0, 0.05) is 6.54 Å². The quantitative estimate of drug-likeness (QED) is 0.680. The van der Waals surface area contributed by atoms with E-state index in [-0.39, 0.29) is 18.4 Å². The summed E-state index contributed by atoms with van der Waals surface area (Å²) >= 11 is 3.26. The zero-order valence-electron chi connectivity index (χ0n) is 9.79. The highest BCUT2D eigenvalue weighted by atomic mass is 79.9. The van der Waals surface area contributed by atoms with Gasteiger partial charge in [0.1, 0.15) is 10.6 Å². The molecule has 0 bridgehead atoms. The van der Waals surface area contributed by atoms with E-state index in [0.29, 0.717) is 12.2 Å². The molecule has 7 heteroatoms. The Morgan fingerprint density at radius 1 is 1.56 bits per heavy atom. The first-order valence-corrected chi connectivity index (χ1v) is 6.29. The van der Waals surface area contributed by atoms with E-state index in [1.165, 1.54) is 0 Å². The molecule has 0 saturated carbocycles. The molecular weight excluding hydrogens is 300 g/mol. The minimum atomic E-state index is -0.411. The second-order valence-corrected chi connectivity index (χ2v) is 4.81. The van der Waals surface area contributed by atoms with E-state index in [1.807, 2.05) is 6.92 Å². The summed E-state index contributed by atoms with van der Waals surface area (Å²) in [7, 11) is 0. The fraction of sp³-hybridized carbons (Fsp3) is 0.364. The number of carbonyl (C=O) groups excluding carboxylic acids is 2. The van der Waals surface area contributed by atoms with Crippen LogP contribution >= 0.6 is 15.9 Å². The van der Waals surface area contributed by atoms with Crippen molar-refractivity contribution < 1.29 is 9.59 Å². The second-order valence-electron chi connectivity index (χ2n) is 3.99. The second kappa shape index (κ2) is 5.45. The van der Waals surface area contributed by atoms with Gasteiger partial charge < -0.3 is 10.6 Å². The van der Waals surface area contributed by atoms with E-state index in [2.05, 4.69) is 36.9 Å². The number of hydrogen-bond donors (Lipinski definition) is 3. The average molecular weight is 313 g/mol. The number of hydrogen-bond acceptors (Lipinski definition) is 4. The molecule has 3 N–H and O–H groups in total. The normalized spacial score (nSPS) is 19.2. The van der Waals surface area contributed by atoms with E-state index in [4.69, 9.17) is 0 Å². The summed E-state index contributed by atoms with van der Waals surface area (Å²) in [6.07, 6.45) is 0. The summed E-state index contributed by atoms with van der Waals surface area (Å²) in [6.45, 7) is 2.28. The third kappa shape index (κ3) is 3.05. The van der Waals surface area contributed by atoms with Crippen molar-refractivity contribution in [1.29, 1.82) is 0 Å². The summed E-state index contributed by atoms with van der Waals surface area (Å²) < 4.78 is 0.723. The molecule has 1 fully saturated rings. The molecule has 1 aromatic rings. The smallest absolute Gasteiger partial charge is 0.243 e. The Morgan fingerprint density at radius 2 is 2.33 bits per heavy atom. The van der Waals surface area contributed by atoms with E-state index in [9.17, 15) is 9.59 Å². The van der Waals surface area contributed by atoms with Crippen LogP contribution in [-0.2, 0) is 9.59 Å². The van der Waals surface area contributed by atoms with Gasteiger partial charge in [-0.2, -0.15) is 0 Å². The van der Waals surface area contributed by atoms with E-state index >= 15 is 0 Å². The summed E-state index contributed by atoms with van der Waals surface area (Å²) in [5, 5.41) is 8.29. The van der Waals surface area contributed by atoms with Gasteiger partial charge in [0.25, 0.3) is 0 Å². The number of halogens is 1. The van der Waals surface area contributed by atoms with Gasteiger partial charge >= 0.3 is 0 Å². The molecule has 1 unspecified atom stereocenters. The largest absolute Gasteiger partial charge is 0.353 e. The predicted octanol–water partition coefficient (Wildman–Crippen LogP) is 0.179. The standard InChI is InChI=1S/C11H13BrN4O2/c1-6-7(2-3-9(12)15-6)16-11(18)8-4-14-10(17)5-13-8/h2-3,8,13H,4-5H2,1H3,(H,14,17)(H,16,18). The lowest BCUT2D eigenvalue weighted by Gasteiger charge is -2.23. The third-order valence-corrected chi connectivity index (χ3v) is 3.08. The van der Waals surface area contributed by atoms with Crippen LogP contribution in [0.5, 0.6) is 0 Å². The molecule has 0 aliphatic carbocycles. The lowest BCUT2D eigenvalue weighted by Crippen LogP contribution is -2.56. The fourth-order valence-corrected chi connectivity index (χ4v) is 2.03. The van der Waals surface area contributed by atoms with Gasteiger partial charge in [-0.1, -0.05) is 0 Å². The molecule has 18 heavy (non-hydrogen) atoms. The number of aromatic nitrogens is 1.